The Labute approximate surface area is 165 Å². The van der Waals surface area contributed by atoms with Crippen molar-refractivity contribution < 1.29 is 17.7 Å². The van der Waals surface area contributed by atoms with Gasteiger partial charge in [-0.25, -0.2) is 13.1 Å². The molecule has 0 radical (unpaired) electrons. The Bertz CT molecular complexity index is 892. The molecule has 0 unspecified atom stereocenters. The molecule has 7 nitrogen and oxygen atoms in total. The minimum Gasteiger partial charge on any atom is -0.356 e. The number of nitrogens with zero attached hydrogens (tertiary/aromatic N) is 1. The Balaban J connectivity index is 1.51. The van der Waals surface area contributed by atoms with E-state index in [2.05, 4.69) is 15.2 Å². The van der Waals surface area contributed by atoms with Crippen LogP contribution in [0.1, 0.15) is 46.5 Å². The molecular formula is C20H27N3O4S. The van der Waals surface area contributed by atoms with Gasteiger partial charge >= 0.3 is 0 Å². The van der Waals surface area contributed by atoms with Gasteiger partial charge in [0.1, 0.15) is 0 Å². The SMILES string of the molecule is CC(C)(C)S(=O)(=O)NC1CCC(C(=O)Nc2ccc(-c3ccno3)cc2)CC1. The number of nitrogens with one attached hydrogen (secondary N) is 2. The third kappa shape index (κ3) is 4.80. The van der Waals surface area contributed by atoms with Crippen molar-refractivity contribution in [2.24, 2.45) is 5.92 Å². The zero-order chi connectivity index (χ0) is 20.4. The molecule has 1 fully saturated rings. The number of carbonyl (C=O) groups excluding carboxylic acids is 1. The maximum Gasteiger partial charge on any atom is 0.227 e. The van der Waals surface area contributed by atoms with Crippen molar-refractivity contribution >= 4 is 21.6 Å². The second-order valence-corrected chi connectivity index (χ2v) is 10.7. The van der Waals surface area contributed by atoms with Crippen molar-refractivity contribution in [1.82, 2.24) is 9.88 Å². The molecule has 1 aromatic carbocycles. The zero-order valence-corrected chi connectivity index (χ0v) is 17.3. The van der Waals surface area contributed by atoms with E-state index in [4.69, 9.17) is 4.52 Å². The molecule has 1 aliphatic carbocycles. The van der Waals surface area contributed by atoms with Crippen LogP contribution in [0, 0.1) is 5.92 Å². The lowest BCUT2D eigenvalue weighted by molar-refractivity contribution is -0.120. The molecule has 3 rings (SSSR count). The molecule has 0 atom stereocenters. The van der Waals surface area contributed by atoms with Gasteiger partial charge < -0.3 is 9.84 Å². The lowest BCUT2D eigenvalue weighted by Gasteiger charge is -2.30. The first-order chi connectivity index (χ1) is 13.2. The topological polar surface area (TPSA) is 101 Å². The summed E-state index contributed by atoms with van der Waals surface area (Å²) in [4.78, 5) is 12.6. The minimum absolute atomic E-state index is 0.0236. The van der Waals surface area contributed by atoms with Gasteiger partial charge in [-0.2, -0.15) is 0 Å². The Kier molecular flexibility index (Phi) is 5.90. The molecule has 1 saturated carbocycles. The molecule has 1 amide bonds. The fourth-order valence-corrected chi connectivity index (χ4v) is 4.22. The van der Waals surface area contributed by atoms with Crippen LogP contribution in [0.2, 0.25) is 0 Å². The van der Waals surface area contributed by atoms with Gasteiger partial charge in [-0.05, 0) is 70.7 Å². The molecule has 28 heavy (non-hydrogen) atoms. The lowest BCUT2D eigenvalue weighted by atomic mass is 9.86. The number of anilines is 1. The summed E-state index contributed by atoms with van der Waals surface area (Å²) in [7, 11) is -3.37. The molecule has 1 aliphatic rings. The van der Waals surface area contributed by atoms with Crippen molar-refractivity contribution in [3.05, 3.63) is 36.5 Å². The summed E-state index contributed by atoms with van der Waals surface area (Å²) >= 11 is 0. The third-order valence-corrected chi connectivity index (χ3v) is 7.36. The van der Waals surface area contributed by atoms with Crippen LogP contribution in [0.15, 0.2) is 41.1 Å². The monoisotopic (exact) mass is 405 g/mol. The van der Waals surface area contributed by atoms with Crippen molar-refractivity contribution in [3.63, 3.8) is 0 Å². The number of hydrogen-bond acceptors (Lipinski definition) is 5. The molecular weight excluding hydrogens is 378 g/mol. The Morgan fingerprint density at radius 1 is 1.07 bits per heavy atom. The summed E-state index contributed by atoms with van der Waals surface area (Å²) in [5, 5.41) is 6.63. The van der Waals surface area contributed by atoms with Crippen LogP contribution < -0.4 is 10.0 Å². The van der Waals surface area contributed by atoms with Gasteiger partial charge in [0.05, 0.1) is 10.9 Å². The van der Waals surface area contributed by atoms with Crippen molar-refractivity contribution in [2.45, 2.75) is 57.2 Å². The Hall–Kier alpha value is -2.19. The highest BCUT2D eigenvalue weighted by atomic mass is 32.2. The molecule has 0 aliphatic heterocycles. The Morgan fingerprint density at radius 2 is 1.71 bits per heavy atom. The van der Waals surface area contributed by atoms with Gasteiger partial charge in [0.2, 0.25) is 15.9 Å². The first kappa shape index (κ1) is 20.5. The van der Waals surface area contributed by atoms with Crippen molar-refractivity contribution in [1.29, 1.82) is 0 Å². The van der Waals surface area contributed by atoms with Gasteiger partial charge in [0.15, 0.2) is 5.76 Å². The first-order valence-electron chi connectivity index (χ1n) is 9.49. The summed E-state index contributed by atoms with van der Waals surface area (Å²) in [5.74, 6) is 0.544. The average molecular weight is 406 g/mol. The van der Waals surface area contributed by atoms with E-state index in [1.54, 1.807) is 33.0 Å². The number of aromatic nitrogens is 1. The highest BCUT2D eigenvalue weighted by Crippen LogP contribution is 2.28. The molecule has 152 valence electrons. The van der Waals surface area contributed by atoms with Crippen molar-refractivity contribution in [3.8, 4) is 11.3 Å². The maximum absolute atomic E-state index is 12.6. The summed E-state index contributed by atoms with van der Waals surface area (Å²) < 4.78 is 31.6. The summed E-state index contributed by atoms with van der Waals surface area (Å²) in [6.07, 6.45) is 4.25. The average Bonchev–Trinajstić information content (AvgIpc) is 3.16. The van der Waals surface area contributed by atoms with Gasteiger partial charge in [-0.3, -0.25) is 4.79 Å². The van der Waals surface area contributed by atoms with Crippen LogP contribution in [0.25, 0.3) is 11.3 Å². The number of carbonyl (C=O) groups is 1. The van der Waals surface area contributed by atoms with E-state index in [1.165, 1.54) is 0 Å². The smallest absolute Gasteiger partial charge is 0.227 e. The Morgan fingerprint density at radius 3 is 2.25 bits per heavy atom. The van der Waals surface area contributed by atoms with Gasteiger partial charge in [-0.15, -0.1) is 0 Å². The van der Waals surface area contributed by atoms with Crippen LogP contribution in [0.4, 0.5) is 5.69 Å². The van der Waals surface area contributed by atoms with Gasteiger partial charge in [-0.1, -0.05) is 5.16 Å². The number of sulfonamides is 1. The van der Waals surface area contributed by atoms with Crippen LogP contribution in [0.3, 0.4) is 0 Å². The quantitative estimate of drug-likeness (QED) is 0.792. The molecule has 0 saturated heterocycles. The molecule has 1 heterocycles. The standard InChI is InChI=1S/C20H27N3O4S/c1-20(2,3)28(25,26)23-17-10-6-15(7-11-17)19(24)22-16-8-4-14(5-9-16)18-12-13-21-27-18/h4-5,8-9,12-13,15,17,23H,6-7,10-11H2,1-3H3,(H,22,24). The molecule has 0 spiro atoms. The summed E-state index contributed by atoms with van der Waals surface area (Å²) in [6, 6.07) is 9.08. The van der Waals surface area contributed by atoms with Crippen LogP contribution in [-0.2, 0) is 14.8 Å². The van der Waals surface area contributed by atoms with Crippen LogP contribution >= 0.6 is 0 Å². The molecule has 1 aromatic heterocycles. The van der Waals surface area contributed by atoms with Gasteiger partial charge in [0.25, 0.3) is 0 Å². The number of amides is 1. The summed E-state index contributed by atoms with van der Waals surface area (Å²) in [6.45, 7) is 5.05. The lowest BCUT2D eigenvalue weighted by Crippen LogP contribution is -2.46. The fraction of sp³-hybridized carbons (Fsp3) is 0.500. The predicted octanol–water partition coefficient (Wildman–Crippen LogP) is 3.56. The second kappa shape index (κ2) is 8.05. The van der Waals surface area contributed by atoms with E-state index in [9.17, 15) is 13.2 Å². The number of rotatable bonds is 5. The van der Waals surface area contributed by atoms with Crippen molar-refractivity contribution in [2.75, 3.05) is 5.32 Å². The zero-order valence-electron chi connectivity index (χ0n) is 16.4. The predicted molar refractivity (Wildman–Crippen MR) is 108 cm³/mol. The number of hydrogen-bond donors (Lipinski definition) is 2. The fourth-order valence-electron chi connectivity index (χ4n) is 3.20. The van der Waals surface area contributed by atoms with E-state index in [-0.39, 0.29) is 17.9 Å². The van der Waals surface area contributed by atoms with Gasteiger partial charge in [0, 0.05) is 29.3 Å². The van der Waals surface area contributed by atoms with Crippen LogP contribution in [0.5, 0.6) is 0 Å². The molecule has 2 N–H and O–H groups in total. The molecule has 8 heteroatoms. The molecule has 0 bridgehead atoms. The first-order valence-corrected chi connectivity index (χ1v) is 11.0. The van der Waals surface area contributed by atoms with E-state index in [1.807, 2.05) is 24.3 Å². The van der Waals surface area contributed by atoms with E-state index >= 15 is 0 Å². The molecule has 2 aromatic rings. The maximum atomic E-state index is 12.6. The third-order valence-electron chi connectivity index (χ3n) is 5.10. The highest BCUT2D eigenvalue weighted by molar-refractivity contribution is 7.90. The second-order valence-electron chi connectivity index (χ2n) is 8.23. The minimum atomic E-state index is -3.37. The van der Waals surface area contributed by atoms with E-state index in [0.29, 0.717) is 31.4 Å². The number of benzene rings is 1. The highest BCUT2D eigenvalue weighted by Gasteiger charge is 2.34. The van der Waals surface area contributed by atoms with E-state index < -0.39 is 14.8 Å². The normalized spacial score (nSPS) is 20.7. The van der Waals surface area contributed by atoms with E-state index in [0.717, 1.165) is 11.3 Å². The summed E-state index contributed by atoms with van der Waals surface area (Å²) in [5.41, 5.74) is 1.62. The van der Waals surface area contributed by atoms with Crippen LogP contribution in [-0.4, -0.2) is 30.3 Å². The largest absolute Gasteiger partial charge is 0.356 e.